The number of carbonyl (C=O) groups excluding carboxylic acids is 2. The summed E-state index contributed by atoms with van der Waals surface area (Å²) < 4.78 is 10.3. The van der Waals surface area contributed by atoms with Gasteiger partial charge < -0.3 is 9.47 Å². The van der Waals surface area contributed by atoms with Crippen molar-refractivity contribution in [2.75, 3.05) is 13.2 Å². The van der Waals surface area contributed by atoms with Crippen LogP contribution < -0.4 is 0 Å². The molecule has 0 atom stereocenters. The van der Waals surface area contributed by atoms with Crippen molar-refractivity contribution in [3.05, 3.63) is 23.3 Å². The monoisotopic (exact) mass is 308 g/mol. The predicted octanol–water partition coefficient (Wildman–Crippen LogP) is 3.96. The van der Waals surface area contributed by atoms with Crippen molar-refractivity contribution in [2.24, 2.45) is 5.41 Å². The summed E-state index contributed by atoms with van der Waals surface area (Å²) in [5.74, 6) is -0.837. The third-order valence-corrected chi connectivity index (χ3v) is 3.78. The summed E-state index contributed by atoms with van der Waals surface area (Å²) in [4.78, 5) is 23.8. The van der Waals surface area contributed by atoms with Gasteiger partial charge in [0.1, 0.15) is 6.61 Å². The first-order valence-corrected chi connectivity index (χ1v) is 8.10. The molecule has 4 heteroatoms. The average molecular weight is 308 g/mol. The van der Waals surface area contributed by atoms with E-state index in [-0.39, 0.29) is 0 Å². The lowest BCUT2D eigenvalue weighted by atomic mass is 9.84. The number of esters is 2. The van der Waals surface area contributed by atoms with Crippen molar-refractivity contribution in [1.82, 2.24) is 0 Å². The SMILES string of the molecule is CCCCC/C=C/CCOC(=O)/C(C)=C1\C(=O)OCC1(C)C. The molecule has 0 unspecified atom stereocenters. The highest BCUT2D eigenvalue weighted by molar-refractivity contribution is 6.02. The molecule has 0 spiro atoms. The van der Waals surface area contributed by atoms with Crippen molar-refractivity contribution in [1.29, 1.82) is 0 Å². The smallest absolute Gasteiger partial charge is 0.335 e. The van der Waals surface area contributed by atoms with Crippen LogP contribution in [0, 0.1) is 5.41 Å². The maximum atomic E-state index is 12.0. The quantitative estimate of drug-likeness (QED) is 0.295. The van der Waals surface area contributed by atoms with Crippen LogP contribution in [0.4, 0.5) is 0 Å². The summed E-state index contributed by atoms with van der Waals surface area (Å²) in [5.41, 5.74) is 0.367. The second-order valence-electron chi connectivity index (χ2n) is 6.35. The first-order chi connectivity index (χ1) is 10.4. The van der Waals surface area contributed by atoms with Crippen molar-refractivity contribution < 1.29 is 19.1 Å². The molecule has 0 radical (unpaired) electrons. The number of unbranched alkanes of at least 4 members (excludes halogenated alkanes) is 3. The lowest BCUT2D eigenvalue weighted by Gasteiger charge is -2.16. The molecule has 0 saturated carbocycles. The number of hydrogen-bond donors (Lipinski definition) is 0. The first-order valence-electron chi connectivity index (χ1n) is 8.10. The van der Waals surface area contributed by atoms with Gasteiger partial charge in [0.15, 0.2) is 0 Å². The second-order valence-corrected chi connectivity index (χ2v) is 6.35. The van der Waals surface area contributed by atoms with E-state index in [0.717, 1.165) is 6.42 Å². The van der Waals surface area contributed by atoms with Crippen molar-refractivity contribution in [2.45, 2.75) is 59.8 Å². The van der Waals surface area contributed by atoms with Crippen LogP contribution in [0.2, 0.25) is 0 Å². The molecule has 0 amide bonds. The van der Waals surface area contributed by atoms with Gasteiger partial charge in [0.05, 0.1) is 12.2 Å². The van der Waals surface area contributed by atoms with Crippen molar-refractivity contribution >= 4 is 11.9 Å². The normalized spacial score (nSPS) is 19.4. The lowest BCUT2D eigenvalue weighted by Crippen LogP contribution is -2.19. The minimum absolute atomic E-state index is 0.312. The Morgan fingerprint density at radius 2 is 1.95 bits per heavy atom. The van der Waals surface area contributed by atoms with Crippen molar-refractivity contribution in [3.63, 3.8) is 0 Å². The Labute approximate surface area is 133 Å². The third-order valence-electron chi connectivity index (χ3n) is 3.78. The summed E-state index contributed by atoms with van der Waals surface area (Å²) in [5, 5.41) is 0. The molecule has 1 saturated heterocycles. The maximum Gasteiger partial charge on any atom is 0.335 e. The summed E-state index contributed by atoms with van der Waals surface area (Å²) in [7, 11) is 0. The lowest BCUT2D eigenvalue weighted by molar-refractivity contribution is -0.140. The van der Waals surface area contributed by atoms with Gasteiger partial charge in [0, 0.05) is 11.0 Å². The van der Waals surface area contributed by atoms with E-state index in [2.05, 4.69) is 13.0 Å². The molecule has 4 nitrogen and oxygen atoms in total. The molecule has 1 rings (SSSR count). The topological polar surface area (TPSA) is 52.6 Å². The van der Waals surface area contributed by atoms with Gasteiger partial charge in [-0.3, -0.25) is 0 Å². The fraction of sp³-hybridized carbons (Fsp3) is 0.667. The summed E-state index contributed by atoms with van der Waals surface area (Å²) in [6.45, 7) is 8.25. The van der Waals surface area contributed by atoms with Crippen LogP contribution in [0.15, 0.2) is 23.3 Å². The molecule has 0 aromatic carbocycles. The fourth-order valence-electron chi connectivity index (χ4n) is 2.51. The van der Waals surface area contributed by atoms with Gasteiger partial charge in [-0.2, -0.15) is 0 Å². The summed E-state index contributed by atoms with van der Waals surface area (Å²) >= 11 is 0. The first kappa shape index (κ1) is 18.5. The molecule has 1 aliphatic rings. The molecular weight excluding hydrogens is 280 g/mol. The number of hydrogen-bond acceptors (Lipinski definition) is 4. The Morgan fingerprint density at radius 3 is 2.55 bits per heavy atom. The molecule has 0 aromatic rings. The summed E-state index contributed by atoms with van der Waals surface area (Å²) in [6.07, 6.45) is 9.62. The number of cyclic esters (lactones) is 1. The van der Waals surface area contributed by atoms with E-state index in [9.17, 15) is 9.59 Å². The molecule has 0 bridgehead atoms. The summed E-state index contributed by atoms with van der Waals surface area (Å²) in [6, 6.07) is 0. The van der Waals surface area contributed by atoms with Crippen LogP contribution in [0.1, 0.15) is 59.8 Å². The van der Waals surface area contributed by atoms with Crippen LogP contribution in [-0.4, -0.2) is 25.2 Å². The molecule has 124 valence electrons. The van der Waals surface area contributed by atoms with Crippen LogP contribution in [0.25, 0.3) is 0 Å². The highest BCUT2D eigenvalue weighted by Crippen LogP contribution is 2.36. The number of ether oxygens (including phenoxy) is 2. The van der Waals surface area contributed by atoms with Gasteiger partial charge in [-0.05, 0) is 26.2 Å². The number of rotatable bonds is 8. The van der Waals surface area contributed by atoms with E-state index in [1.54, 1.807) is 6.92 Å². The zero-order valence-corrected chi connectivity index (χ0v) is 14.2. The third kappa shape index (κ3) is 5.32. The van der Waals surface area contributed by atoms with Crippen LogP contribution in [-0.2, 0) is 19.1 Å². The van der Waals surface area contributed by atoms with E-state index >= 15 is 0 Å². The molecule has 0 aliphatic carbocycles. The van der Waals surface area contributed by atoms with Gasteiger partial charge in [0.25, 0.3) is 0 Å². The highest BCUT2D eigenvalue weighted by atomic mass is 16.5. The van der Waals surface area contributed by atoms with Crippen LogP contribution in [0.5, 0.6) is 0 Å². The van der Waals surface area contributed by atoms with E-state index in [1.165, 1.54) is 19.3 Å². The van der Waals surface area contributed by atoms with E-state index < -0.39 is 17.4 Å². The Balaban J connectivity index is 2.41. The van der Waals surface area contributed by atoms with Gasteiger partial charge in [-0.15, -0.1) is 0 Å². The molecule has 1 aliphatic heterocycles. The molecule has 22 heavy (non-hydrogen) atoms. The van der Waals surface area contributed by atoms with Crippen LogP contribution >= 0.6 is 0 Å². The standard InChI is InChI=1S/C18H28O4/c1-5-6-7-8-9-10-11-12-21-16(19)14(2)15-17(20)22-13-18(15,3)4/h9-10H,5-8,11-13H2,1-4H3/b10-9+,15-14+. The Morgan fingerprint density at radius 1 is 1.27 bits per heavy atom. The molecule has 0 N–H and O–H groups in total. The van der Waals surface area contributed by atoms with Gasteiger partial charge in [-0.25, -0.2) is 9.59 Å². The van der Waals surface area contributed by atoms with Gasteiger partial charge in [0.2, 0.25) is 0 Å². The Hall–Kier alpha value is -1.58. The maximum absolute atomic E-state index is 12.0. The number of allylic oxidation sites excluding steroid dienone is 1. The van der Waals surface area contributed by atoms with E-state index in [4.69, 9.17) is 9.47 Å². The average Bonchev–Trinajstić information content (AvgIpc) is 2.74. The van der Waals surface area contributed by atoms with E-state index in [1.807, 2.05) is 19.9 Å². The zero-order valence-electron chi connectivity index (χ0n) is 14.2. The number of carbonyl (C=O) groups is 2. The second kappa shape index (κ2) is 8.76. The molecule has 0 aromatic heterocycles. The van der Waals surface area contributed by atoms with E-state index in [0.29, 0.717) is 30.8 Å². The minimum atomic E-state index is -0.431. The predicted molar refractivity (Wildman–Crippen MR) is 86.3 cm³/mol. The Bertz CT molecular complexity index is 458. The molecule has 1 heterocycles. The van der Waals surface area contributed by atoms with Gasteiger partial charge >= 0.3 is 11.9 Å². The van der Waals surface area contributed by atoms with Gasteiger partial charge in [-0.1, -0.05) is 45.8 Å². The highest BCUT2D eigenvalue weighted by Gasteiger charge is 2.40. The zero-order chi connectivity index (χ0) is 16.6. The van der Waals surface area contributed by atoms with Crippen molar-refractivity contribution in [3.8, 4) is 0 Å². The largest absolute Gasteiger partial charge is 0.462 e. The molecular formula is C18H28O4. The van der Waals surface area contributed by atoms with Crippen LogP contribution in [0.3, 0.4) is 0 Å². The molecule has 1 fully saturated rings. The fourth-order valence-corrected chi connectivity index (χ4v) is 2.51. The Kier molecular flexibility index (Phi) is 7.36. The minimum Gasteiger partial charge on any atom is -0.462 e.